The zero-order valence-electron chi connectivity index (χ0n) is 15.2. The van der Waals surface area contributed by atoms with Crippen LogP contribution in [0.3, 0.4) is 0 Å². The van der Waals surface area contributed by atoms with Gasteiger partial charge in [0.25, 0.3) is 11.8 Å². The summed E-state index contributed by atoms with van der Waals surface area (Å²) in [6, 6.07) is 13.3. The number of barbiturate groups is 1. The smallest absolute Gasteiger partial charge is 0.335 e. The number of benzene rings is 2. The number of carbonyl (C=O) groups is 3. The minimum absolute atomic E-state index is 0.114. The van der Waals surface area contributed by atoms with E-state index in [1.165, 1.54) is 36.4 Å². The lowest BCUT2D eigenvalue weighted by Crippen LogP contribution is -2.54. The maximum Gasteiger partial charge on any atom is 0.335 e. The number of aromatic nitrogens is 1. The Labute approximate surface area is 180 Å². The van der Waals surface area contributed by atoms with Crippen LogP contribution in [0.2, 0.25) is 10.0 Å². The Hall–Kier alpha value is -3.55. The first-order valence-electron chi connectivity index (χ1n) is 8.68. The average molecular weight is 442 g/mol. The van der Waals surface area contributed by atoms with Crippen molar-refractivity contribution in [1.29, 1.82) is 0 Å². The Balaban J connectivity index is 1.74. The van der Waals surface area contributed by atoms with Crippen LogP contribution in [-0.4, -0.2) is 27.5 Å². The molecule has 0 unspecified atom stereocenters. The molecule has 150 valence electrons. The molecule has 4 rings (SSSR count). The maximum absolute atomic E-state index is 13.0. The molecular weight excluding hydrogens is 429 g/mol. The minimum Gasteiger partial charge on any atom is -0.508 e. The molecule has 9 heteroatoms. The molecule has 2 aromatic carbocycles. The average Bonchev–Trinajstić information content (AvgIpc) is 3.16. The Morgan fingerprint density at radius 3 is 2.30 bits per heavy atom. The fourth-order valence-electron chi connectivity index (χ4n) is 3.02. The highest BCUT2D eigenvalue weighted by molar-refractivity contribution is 6.43. The summed E-state index contributed by atoms with van der Waals surface area (Å²) < 4.78 is 1.73. The van der Waals surface area contributed by atoms with Crippen molar-refractivity contribution in [2.75, 3.05) is 4.90 Å². The molecule has 1 aliphatic rings. The number of aromatic hydroxyl groups is 1. The molecule has 1 saturated heterocycles. The summed E-state index contributed by atoms with van der Waals surface area (Å²) in [5.74, 6) is -1.48. The number of carbonyl (C=O) groups excluding carboxylic acids is 3. The summed E-state index contributed by atoms with van der Waals surface area (Å²) in [5.41, 5.74) is 1.20. The Bertz CT molecular complexity index is 1220. The number of hydrogen-bond acceptors (Lipinski definition) is 4. The predicted molar refractivity (Wildman–Crippen MR) is 113 cm³/mol. The first-order valence-corrected chi connectivity index (χ1v) is 9.44. The van der Waals surface area contributed by atoms with Gasteiger partial charge in [-0.05, 0) is 60.7 Å². The van der Waals surface area contributed by atoms with Gasteiger partial charge in [0.2, 0.25) is 0 Å². The van der Waals surface area contributed by atoms with Crippen LogP contribution in [0.25, 0.3) is 11.8 Å². The molecule has 1 aliphatic heterocycles. The molecule has 0 saturated carbocycles. The van der Waals surface area contributed by atoms with Gasteiger partial charge in [0.05, 0.1) is 15.7 Å². The van der Waals surface area contributed by atoms with Crippen molar-refractivity contribution >= 4 is 52.8 Å². The standard InChI is InChI=1S/C21H13Cl2N3O4/c22-17-8-5-14(11-18(17)23)26-20(29)16(19(28)24-21(26)30)10-13-2-1-9-25(13)12-3-6-15(27)7-4-12/h1-11,27H,(H,24,28,30)/b16-10+. The van der Waals surface area contributed by atoms with E-state index < -0.39 is 17.8 Å². The van der Waals surface area contributed by atoms with E-state index in [9.17, 15) is 19.5 Å². The Kier molecular flexibility index (Phi) is 5.07. The van der Waals surface area contributed by atoms with Crippen LogP contribution in [0.15, 0.2) is 66.4 Å². The van der Waals surface area contributed by atoms with Crippen molar-refractivity contribution in [3.8, 4) is 11.4 Å². The SMILES string of the molecule is O=C1NC(=O)N(c2ccc(Cl)c(Cl)c2)C(=O)/C1=C/c1cccn1-c1ccc(O)cc1. The fraction of sp³-hybridized carbons (Fsp3) is 0. The van der Waals surface area contributed by atoms with Crippen LogP contribution < -0.4 is 10.2 Å². The molecule has 7 nitrogen and oxygen atoms in total. The second kappa shape index (κ2) is 7.70. The fourth-order valence-corrected chi connectivity index (χ4v) is 3.32. The van der Waals surface area contributed by atoms with E-state index in [0.717, 1.165) is 4.90 Å². The second-order valence-corrected chi connectivity index (χ2v) is 7.19. The summed E-state index contributed by atoms with van der Waals surface area (Å²) in [4.78, 5) is 38.6. The van der Waals surface area contributed by atoms with Crippen LogP contribution in [0, 0.1) is 0 Å². The lowest BCUT2D eigenvalue weighted by atomic mass is 10.1. The minimum atomic E-state index is -0.880. The number of anilines is 1. The molecule has 1 fully saturated rings. The molecule has 0 bridgehead atoms. The molecule has 0 spiro atoms. The van der Waals surface area contributed by atoms with E-state index in [1.807, 2.05) is 0 Å². The lowest BCUT2D eigenvalue weighted by Gasteiger charge is -2.26. The van der Waals surface area contributed by atoms with Gasteiger partial charge in [0.15, 0.2) is 0 Å². The van der Waals surface area contributed by atoms with Gasteiger partial charge in [-0.3, -0.25) is 14.9 Å². The third kappa shape index (κ3) is 3.56. The number of phenolic OH excluding ortho intramolecular Hbond substituents is 1. The predicted octanol–water partition coefficient (Wildman–Crippen LogP) is 4.16. The number of nitrogens with zero attached hydrogens (tertiary/aromatic N) is 2. The summed E-state index contributed by atoms with van der Waals surface area (Å²) >= 11 is 11.9. The van der Waals surface area contributed by atoms with Gasteiger partial charge in [-0.25, -0.2) is 9.69 Å². The van der Waals surface area contributed by atoms with E-state index in [1.54, 1.807) is 35.0 Å². The lowest BCUT2D eigenvalue weighted by molar-refractivity contribution is -0.122. The normalized spacial score (nSPS) is 15.6. The molecule has 0 radical (unpaired) electrons. The summed E-state index contributed by atoms with van der Waals surface area (Å²) in [5, 5.41) is 12.1. The maximum atomic E-state index is 13.0. The molecule has 0 atom stereocenters. The molecular formula is C21H13Cl2N3O4. The number of halogens is 2. The van der Waals surface area contributed by atoms with Crippen LogP contribution in [0.1, 0.15) is 5.69 Å². The largest absolute Gasteiger partial charge is 0.508 e. The van der Waals surface area contributed by atoms with Crippen molar-refractivity contribution in [3.63, 3.8) is 0 Å². The van der Waals surface area contributed by atoms with Crippen molar-refractivity contribution < 1.29 is 19.5 Å². The molecule has 2 N–H and O–H groups in total. The summed E-state index contributed by atoms with van der Waals surface area (Å²) in [7, 11) is 0. The highest BCUT2D eigenvalue weighted by atomic mass is 35.5. The molecule has 30 heavy (non-hydrogen) atoms. The summed E-state index contributed by atoms with van der Waals surface area (Å²) in [6.45, 7) is 0. The highest BCUT2D eigenvalue weighted by Crippen LogP contribution is 2.29. The topological polar surface area (TPSA) is 91.6 Å². The first kappa shape index (κ1) is 19.8. The number of imide groups is 2. The van der Waals surface area contributed by atoms with E-state index in [-0.39, 0.29) is 27.1 Å². The van der Waals surface area contributed by atoms with Crippen molar-refractivity contribution in [3.05, 3.63) is 82.1 Å². The third-order valence-corrected chi connectivity index (χ3v) is 5.20. The van der Waals surface area contributed by atoms with Crippen LogP contribution in [0.5, 0.6) is 5.75 Å². The number of urea groups is 1. The monoisotopic (exact) mass is 441 g/mol. The van der Waals surface area contributed by atoms with Gasteiger partial charge in [-0.15, -0.1) is 0 Å². The number of hydrogen-bond donors (Lipinski definition) is 2. The van der Waals surface area contributed by atoms with Gasteiger partial charge >= 0.3 is 6.03 Å². The zero-order chi connectivity index (χ0) is 21.4. The van der Waals surface area contributed by atoms with E-state index in [2.05, 4.69) is 5.32 Å². The van der Waals surface area contributed by atoms with E-state index in [0.29, 0.717) is 11.4 Å². The number of phenols is 1. The molecule has 2 heterocycles. The van der Waals surface area contributed by atoms with Gasteiger partial charge in [-0.2, -0.15) is 0 Å². The third-order valence-electron chi connectivity index (χ3n) is 4.46. The van der Waals surface area contributed by atoms with Gasteiger partial charge < -0.3 is 9.67 Å². The molecule has 3 aromatic rings. The van der Waals surface area contributed by atoms with Gasteiger partial charge in [-0.1, -0.05) is 23.2 Å². The van der Waals surface area contributed by atoms with Crippen molar-refractivity contribution in [2.45, 2.75) is 0 Å². The van der Waals surface area contributed by atoms with Crippen molar-refractivity contribution in [1.82, 2.24) is 9.88 Å². The van der Waals surface area contributed by atoms with Gasteiger partial charge in [0, 0.05) is 17.6 Å². The second-order valence-electron chi connectivity index (χ2n) is 6.38. The Morgan fingerprint density at radius 1 is 0.900 bits per heavy atom. The number of amides is 4. The molecule has 4 amide bonds. The quantitative estimate of drug-likeness (QED) is 0.471. The highest BCUT2D eigenvalue weighted by Gasteiger charge is 2.37. The summed E-state index contributed by atoms with van der Waals surface area (Å²) in [6.07, 6.45) is 3.13. The number of rotatable bonds is 3. The molecule has 0 aliphatic carbocycles. The molecule has 1 aromatic heterocycles. The van der Waals surface area contributed by atoms with Crippen LogP contribution in [-0.2, 0) is 9.59 Å². The number of nitrogens with one attached hydrogen (secondary N) is 1. The van der Waals surface area contributed by atoms with Gasteiger partial charge in [0.1, 0.15) is 11.3 Å². The van der Waals surface area contributed by atoms with Crippen molar-refractivity contribution in [2.24, 2.45) is 0 Å². The van der Waals surface area contributed by atoms with E-state index >= 15 is 0 Å². The van der Waals surface area contributed by atoms with E-state index in [4.69, 9.17) is 23.2 Å². The zero-order valence-corrected chi connectivity index (χ0v) is 16.7. The Morgan fingerprint density at radius 2 is 1.60 bits per heavy atom. The van der Waals surface area contributed by atoms with Crippen LogP contribution >= 0.6 is 23.2 Å². The van der Waals surface area contributed by atoms with Crippen LogP contribution in [0.4, 0.5) is 10.5 Å². The first-order chi connectivity index (χ1) is 14.3.